The number of hydrogen-bond acceptors (Lipinski definition) is 2. The van der Waals surface area contributed by atoms with Crippen molar-refractivity contribution in [1.82, 2.24) is 0 Å². The number of Topliss-reactive ketones (excluding diaryl/α,β-unsaturated/α-hetero) is 1. The van der Waals surface area contributed by atoms with Crippen LogP contribution in [-0.2, 0) is 6.42 Å². The molecule has 68 valence electrons. The van der Waals surface area contributed by atoms with E-state index in [1.165, 1.54) is 0 Å². The van der Waals surface area contributed by atoms with Crippen molar-refractivity contribution in [2.75, 3.05) is 5.73 Å². The van der Waals surface area contributed by atoms with Gasteiger partial charge in [0.15, 0.2) is 5.78 Å². The van der Waals surface area contributed by atoms with Crippen LogP contribution in [0.25, 0.3) is 0 Å². The van der Waals surface area contributed by atoms with Gasteiger partial charge in [0.2, 0.25) is 0 Å². The van der Waals surface area contributed by atoms with Crippen molar-refractivity contribution in [3.63, 3.8) is 0 Å². The topological polar surface area (TPSA) is 43.1 Å². The zero-order chi connectivity index (χ0) is 9.59. The van der Waals surface area contributed by atoms with Gasteiger partial charge in [0.25, 0.3) is 0 Å². The maximum atomic E-state index is 11.5. The molecule has 1 aromatic carbocycles. The van der Waals surface area contributed by atoms with Crippen LogP contribution in [0.3, 0.4) is 0 Å². The van der Waals surface area contributed by atoms with E-state index in [1.54, 1.807) is 0 Å². The second-order valence-corrected chi connectivity index (χ2v) is 4.97. The van der Waals surface area contributed by atoms with Gasteiger partial charge in [-0.25, -0.2) is 0 Å². The largest absolute Gasteiger partial charge is 0.398 e. The Morgan fingerprint density at radius 1 is 1.46 bits per heavy atom. The Morgan fingerprint density at radius 3 is 2.85 bits per heavy atom. The van der Waals surface area contributed by atoms with Crippen LogP contribution in [0.2, 0.25) is 0 Å². The zero-order valence-corrected chi connectivity index (χ0v) is 10.5. The van der Waals surface area contributed by atoms with E-state index in [0.717, 1.165) is 25.6 Å². The number of rotatable bonds is 0. The molecule has 0 aromatic heterocycles. The van der Waals surface area contributed by atoms with E-state index in [0.29, 0.717) is 12.1 Å². The molecule has 0 bridgehead atoms. The number of ketones is 1. The Balaban J connectivity index is 2.76. The molecule has 0 saturated heterocycles. The van der Waals surface area contributed by atoms with Gasteiger partial charge in [-0.05, 0) is 56.6 Å². The van der Waals surface area contributed by atoms with Crippen LogP contribution in [0.4, 0.5) is 5.69 Å². The molecule has 0 fully saturated rings. The highest BCUT2D eigenvalue weighted by molar-refractivity contribution is 14.1. The normalized spacial score (nSPS) is 14.8. The van der Waals surface area contributed by atoms with Crippen LogP contribution in [0.1, 0.15) is 22.3 Å². The van der Waals surface area contributed by atoms with Crippen molar-refractivity contribution >= 4 is 50.0 Å². The average molecular weight is 352 g/mol. The highest BCUT2D eigenvalue weighted by Crippen LogP contribution is 2.35. The first-order chi connectivity index (χ1) is 6.11. The minimum atomic E-state index is 0.179. The minimum absolute atomic E-state index is 0.179. The van der Waals surface area contributed by atoms with E-state index in [9.17, 15) is 4.79 Å². The number of benzene rings is 1. The second kappa shape index (κ2) is 3.24. The summed E-state index contributed by atoms with van der Waals surface area (Å²) in [5, 5.41) is 0. The van der Waals surface area contributed by atoms with Gasteiger partial charge in [0.05, 0.1) is 0 Å². The summed E-state index contributed by atoms with van der Waals surface area (Å²) in [7, 11) is 0. The number of halogens is 2. The number of nitrogen functional groups attached to an aromatic ring is 1. The summed E-state index contributed by atoms with van der Waals surface area (Å²) >= 11 is 5.66. The first-order valence-corrected chi connectivity index (χ1v) is 5.78. The van der Waals surface area contributed by atoms with Crippen molar-refractivity contribution in [2.45, 2.75) is 12.8 Å². The molecule has 0 amide bonds. The summed E-state index contributed by atoms with van der Waals surface area (Å²) in [5.41, 5.74) is 8.23. The Labute approximate surface area is 98.2 Å². The van der Waals surface area contributed by atoms with Crippen molar-refractivity contribution < 1.29 is 4.79 Å². The summed E-state index contributed by atoms with van der Waals surface area (Å²) in [6, 6.07) is 1.81. The van der Waals surface area contributed by atoms with Crippen molar-refractivity contribution in [3.05, 3.63) is 25.2 Å². The molecule has 2 rings (SSSR count). The van der Waals surface area contributed by atoms with Crippen molar-refractivity contribution in [2.24, 2.45) is 0 Å². The lowest BCUT2D eigenvalue weighted by atomic mass is 10.1. The third-order valence-corrected chi connectivity index (χ3v) is 4.83. The Morgan fingerprint density at radius 2 is 2.15 bits per heavy atom. The molecule has 1 aromatic rings. The Hall–Kier alpha value is -0.100. The van der Waals surface area contributed by atoms with E-state index < -0.39 is 0 Å². The summed E-state index contributed by atoms with van der Waals surface area (Å²) in [5.74, 6) is 0.179. The summed E-state index contributed by atoms with van der Waals surface area (Å²) in [4.78, 5) is 11.5. The number of anilines is 1. The van der Waals surface area contributed by atoms with Gasteiger partial charge in [-0.15, -0.1) is 0 Å². The van der Waals surface area contributed by atoms with Gasteiger partial charge in [-0.2, -0.15) is 0 Å². The molecule has 13 heavy (non-hydrogen) atoms. The molecule has 1 aliphatic rings. The van der Waals surface area contributed by atoms with Crippen LogP contribution in [0.5, 0.6) is 0 Å². The molecule has 0 saturated carbocycles. The maximum absolute atomic E-state index is 11.5. The Kier molecular flexibility index (Phi) is 2.35. The lowest BCUT2D eigenvalue weighted by molar-refractivity contribution is 0.0995. The van der Waals surface area contributed by atoms with E-state index in [-0.39, 0.29) is 5.78 Å². The van der Waals surface area contributed by atoms with Crippen LogP contribution < -0.4 is 5.73 Å². The summed E-state index contributed by atoms with van der Waals surface area (Å²) < 4.78 is 2.10. The monoisotopic (exact) mass is 351 g/mol. The number of hydrogen-bond donors (Lipinski definition) is 1. The van der Waals surface area contributed by atoms with Gasteiger partial charge in [0, 0.05) is 25.7 Å². The predicted molar refractivity (Wildman–Crippen MR) is 63.9 cm³/mol. The average Bonchev–Trinajstić information content (AvgIpc) is 2.44. The number of carbonyl (C=O) groups excluding carboxylic acids is 1. The minimum Gasteiger partial charge on any atom is -0.398 e. The third kappa shape index (κ3) is 1.40. The van der Waals surface area contributed by atoms with Gasteiger partial charge in [0.1, 0.15) is 0 Å². The predicted octanol–water partition coefficient (Wildman–Crippen LogP) is 2.76. The zero-order valence-electron chi connectivity index (χ0n) is 6.73. The van der Waals surface area contributed by atoms with E-state index in [1.807, 2.05) is 6.07 Å². The fourth-order valence-electron chi connectivity index (χ4n) is 1.63. The SMILES string of the molecule is Nc1cc(Br)c(I)c2c1C(=O)CC2. The van der Waals surface area contributed by atoms with E-state index in [4.69, 9.17) is 5.73 Å². The maximum Gasteiger partial charge on any atom is 0.165 e. The molecule has 0 atom stereocenters. The highest BCUT2D eigenvalue weighted by Gasteiger charge is 2.25. The van der Waals surface area contributed by atoms with Crippen molar-refractivity contribution in [3.8, 4) is 0 Å². The van der Waals surface area contributed by atoms with E-state index in [2.05, 4.69) is 38.5 Å². The highest BCUT2D eigenvalue weighted by atomic mass is 127. The van der Waals surface area contributed by atoms with Gasteiger partial charge in [-0.3, -0.25) is 4.79 Å². The molecule has 0 unspecified atom stereocenters. The van der Waals surface area contributed by atoms with Crippen LogP contribution in [0.15, 0.2) is 10.5 Å². The fraction of sp³-hybridized carbons (Fsp3) is 0.222. The lowest BCUT2D eigenvalue weighted by Gasteiger charge is -2.06. The van der Waals surface area contributed by atoms with E-state index >= 15 is 0 Å². The number of fused-ring (bicyclic) bond motifs is 1. The summed E-state index contributed by atoms with van der Waals surface area (Å²) in [6.07, 6.45) is 1.43. The second-order valence-electron chi connectivity index (χ2n) is 3.04. The van der Waals surface area contributed by atoms with Gasteiger partial charge >= 0.3 is 0 Å². The third-order valence-electron chi connectivity index (χ3n) is 2.23. The molecular formula is C9H7BrINO. The Bertz CT molecular complexity index is 403. The molecule has 4 heteroatoms. The fourth-order valence-corrected chi connectivity index (χ4v) is 2.81. The standard InChI is InChI=1S/C9H7BrINO/c10-5-3-6(12)8-4(9(5)11)1-2-7(8)13/h3H,1-2,12H2. The molecule has 2 N–H and O–H groups in total. The van der Waals surface area contributed by atoms with Crippen LogP contribution >= 0.6 is 38.5 Å². The number of nitrogens with two attached hydrogens (primary N) is 1. The first kappa shape index (κ1) is 9.45. The van der Waals surface area contributed by atoms with Gasteiger partial charge in [-0.1, -0.05) is 0 Å². The lowest BCUT2D eigenvalue weighted by Crippen LogP contribution is -2.00. The summed E-state index contributed by atoms with van der Waals surface area (Å²) in [6.45, 7) is 0. The molecule has 0 radical (unpaired) electrons. The molecule has 2 nitrogen and oxygen atoms in total. The first-order valence-electron chi connectivity index (χ1n) is 3.91. The molecule has 0 heterocycles. The molecular weight excluding hydrogens is 345 g/mol. The quantitative estimate of drug-likeness (QED) is 0.577. The molecule has 1 aliphatic carbocycles. The molecule has 0 aliphatic heterocycles. The smallest absolute Gasteiger partial charge is 0.165 e. The van der Waals surface area contributed by atoms with Crippen molar-refractivity contribution in [1.29, 1.82) is 0 Å². The number of carbonyl (C=O) groups is 1. The van der Waals surface area contributed by atoms with Crippen LogP contribution in [0, 0.1) is 3.57 Å². The van der Waals surface area contributed by atoms with Crippen LogP contribution in [-0.4, -0.2) is 5.78 Å². The molecule has 0 spiro atoms. The van der Waals surface area contributed by atoms with Gasteiger partial charge < -0.3 is 5.73 Å².